The molecule has 0 spiro atoms. The van der Waals surface area contributed by atoms with E-state index in [0.717, 1.165) is 98.1 Å². The second kappa shape index (κ2) is 21.4. The van der Waals surface area contributed by atoms with Crippen molar-refractivity contribution in [2.45, 2.75) is 152 Å². The fourth-order valence-electron chi connectivity index (χ4n) is 10.7. The molecule has 0 radical (unpaired) electrons. The maximum atomic E-state index is 13.7. The molecule has 1 fully saturated rings. The van der Waals surface area contributed by atoms with Crippen molar-refractivity contribution < 1.29 is 24.2 Å². The van der Waals surface area contributed by atoms with Crippen molar-refractivity contribution >= 4 is 47.6 Å². The van der Waals surface area contributed by atoms with Gasteiger partial charge in [-0.2, -0.15) is 0 Å². The Labute approximate surface area is 382 Å². The summed E-state index contributed by atoms with van der Waals surface area (Å²) in [5.74, 6) is 0.433. The van der Waals surface area contributed by atoms with Gasteiger partial charge < -0.3 is 34.8 Å². The minimum Gasteiger partial charge on any atom is -0.510 e. The lowest BCUT2D eigenvalue weighted by Crippen LogP contribution is -2.38. The molecule has 2 aliphatic heterocycles. The van der Waals surface area contributed by atoms with Gasteiger partial charge in [0.2, 0.25) is 0 Å². The summed E-state index contributed by atoms with van der Waals surface area (Å²) in [5, 5.41) is 19.1. The van der Waals surface area contributed by atoms with Crippen LogP contribution in [0.4, 0.5) is 0 Å². The van der Waals surface area contributed by atoms with Gasteiger partial charge in [0.1, 0.15) is 18.3 Å². The van der Waals surface area contributed by atoms with Crippen LogP contribution >= 0.6 is 0 Å². The summed E-state index contributed by atoms with van der Waals surface area (Å²) >= 11 is 0. The van der Waals surface area contributed by atoms with Crippen molar-refractivity contribution in [3.8, 4) is 0 Å². The Balaban J connectivity index is 1.21. The highest BCUT2D eigenvalue weighted by atomic mass is 16.5. The molecule has 8 bridgehead atoms. The highest BCUT2D eigenvalue weighted by Gasteiger charge is 2.47. The summed E-state index contributed by atoms with van der Waals surface area (Å²) < 4.78 is 11.2. The number of fused-ring (bicyclic) bond motifs is 8. The van der Waals surface area contributed by atoms with Crippen molar-refractivity contribution in [2.24, 2.45) is 35.5 Å². The third-order valence-corrected chi connectivity index (χ3v) is 14.8. The van der Waals surface area contributed by atoms with Gasteiger partial charge in [0.15, 0.2) is 0 Å². The molecule has 3 aromatic rings. The number of hydrogen-bond donors (Lipinski definition) is 5. The molecule has 9 nitrogen and oxygen atoms in total. The van der Waals surface area contributed by atoms with Crippen LogP contribution in [0.15, 0.2) is 23.9 Å². The third kappa shape index (κ3) is 10.6. The zero-order chi connectivity index (χ0) is 46.4. The number of H-pyrrole nitrogens is 3. The van der Waals surface area contributed by atoms with Gasteiger partial charge in [0.25, 0.3) is 0 Å². The Morgan fingerprint density at radius 3 is 2.16 bits per heavy atom. The molecule has 0 aromatic carbocycles. The van der Waals surface area contributed by atoms with Gasteiger partial charge >= 0.3 is 11.9 Å². The van der Waals surface area contributed by atoms with Crippen LogP contribution in [0.25, 0.3) is 35.6 Å². The largest absolute Gasteiger partial charge is 0.510 e. The fourth-order valence-corrected chi connectivity index (χ4v) is 10.7. The summed E-state index contributed by atoms with van der Waals surface area (Å²) in [7, 11) is 1.36. The van der Waals surface area contributed by atoms with Crippen LogP contribution in [0.3, 0.4) is 0 Å². The van der Waals surface area contributed by atoms with Crippen LogP contribution in [0.2, 0.25) is 0 Å². The summed E-state index contributed by atoms with van der Waals surface area (Å²) in [5.41, 5.74) is 11.1. The second-order valence-electron chi connectivity index (χ2n) is 19.9. The van der Waals surface area contributed by atoms with Crippen LogP contribution in [0.5, 0.6) is 0 Å². The van der Waals surface area contributed by atoms with E-state index >= 15 is 0 Å². The molecule has 3 aliphatic rings. The fraction of sp³-hybridized carbons (Fsp3) is 0.564. The maximum absolute atomic E-state index is 13.7. The number of aliphatic hydroxyl groups excluding tert-OH is 1. The van der Waals surface area contributed by atoms with Gasteiger partial charge in [-0.25, -0.2) is 0 Å². The first kappa shape index (κ1) is 48.5. The van der Waals surface area contributed by atoms with E-state index in [1.807, 2.05) is 13.0 Å². The molecule has 6 atom stereocenters. The SMILES string of the molecule is C=Cc1c2[nH]c(c1C)C=C1NC(C3=c4[nH]c(c(C)c4=C(O)C3C(=O)OC)C=c3[nH]c(c(C)c3CC)=C2)C(CCC(=O)OCC=C(C)CCCC(C)CCCC(C)CCCC(C)C)C1C. The van der Waals surface area contributed by atoms with Crippen LogP contribution in [-0.2, 0) is 25.5 Å². The lowest BCUT2D eigenvalue weighted by atomic mass is 9.80. The minimum atomic E-state index is -0.994. The number of hydrogen-bond acceptors (Lipinski definition) is 6. The van der Waals surface area contributed by atoms with E-state index in [1.54, 1.807) is 0 Å². The number of carbonyl (C=O) groups excluding carboxylic acids is 2. The van der Waals surface area contributed by atoms with E-state index in [0.29, 0.717) is 11.6 Å². The maximum Gasteiger partial charge on any atom is 0.320 e. The van der Waals surface area contributed by atoms with E-state index in [-0.39, 0.29) is 36.6 Å². The monoisotopic (exact) mass is 875 g/mol. The van der Waals surface area contributed by atoms with Crippen molar-refractivity contribution in [3.63, 3.8) is 0 Å². The van der Waals surface area contributed by atoms with Crippen molar-refractivity contribution in [2.75, 3.05) is 13.7 Å². The number of aromatic amines is 3. The minimum absolute atomic E-state index is 0.0153. The summed E-state index contributed by atoms with van der Waals surface area (Å²) in [6, 6.07) is -0.395. The molecule has 3 aromatic heterocycles. The normalized spacial score (nSPS) is 20.1. The Bertz CT molecular complexity index is 2510. The zero-order valence-corrected chi connectivity index (χ0v) is 40.9. The number of aliphatic hydroxyl groups is 1. The lowest BCUT2D eigenvalue weighted by molar-refractivity contribution is -0.143. The van der Waals surface area contributed by atoms with Gasteiger partial charge in [-0.05, 0) is 129 Å². The topological polar surface area (TPSA) is 132 Å². The molecular weight excluding hydrogens is 797 g/mol. The Morgan fingerprint density at radius 2 is 1.50 bits per heavy atom. The molecule has 9 heteroatoms. The number of ether oxygens (including phenoxy) is 2. The second-order valence-corrected chi connectivity index (χ2v) is 19.9. The Morgan fingerprint density at radius 1 is 0.844 bits per heavy atom. The molecule has 348 valence electrons. The van der Waals surface area contributed by atoms with E-state index in [1.165, 1.54) is 68.8 Å². The van der Waals surface area contributed by atoms with Crippen LogP contribution < -0.4 is 26.6 Å². The van der Waals surface area contributed by atoms with Crippen LogP contribution in [0, 0.1) is 56.3 Å². The van der Waals surface area contributed by atoms with Gasteiger partial charge in [0, 0.05) is 56.6 Å². The number of allylic oxidation sites excluding steroid dienone is 2. The average molecular weight is 875 g/mol. The smallest absolute Gasteiger partial charge is 0.320 e. The average Bonchev–Trinajstić information content (AvgIpc) is 3.99. The predicted octanol–water partition coefficient (Wildman–Crippen LogP) is 9.37. The summed E-state index contributed by atoms with van der Waals surface area (Å²) in [6.45, 7) is 26.6. The summed E-state index contributed by atoms with van der Waals surface area (Å²) in [6.07, 6.45) is 23.3. The predicted molar refractivity (Wildman–Crippen MR) is 263 cm³/mol. The molecule has 0 amide bonds. The first-order valence-electron chi connectivity index (χ1n) is 24.4. The molecule has 1 aliphatic carbocycles. The van der Waals surface area contributed by atoms with Gasteiger partial charge in [-0.1, -0.05) is 105 Å². The molecule has 6 unspecified atom stereocenters. The van der Waals surface area contributed by atoms with Crippen molar-refractivity contribution in [1.82, 2.24) is 20.3 Å². The van der Waals surface area contributed by atoms with Crippen molar-refractivity contribution in [1.29, 1.82) is 0 Å². The Kier molecular flexibility index (Phi) is 16.2. The number of aromatic nitrogens is 3. The number of rotatable bonds is 20. The highest BCUT2D eigenvalue weighted by Crippen LogP contribution is 2.42. The van der Waals surface area contributed by atoms with Gasteiger partial charge in [0.05, 0.1) is 18.5 Å². The first-order chi connectivity index (χ1) is 30.6. The number of methoxy groups -OCH3 is 1. The summed E-state index contributed by atoms with van der Waals surface area (Å²) in [4.78, 5) is 38.2. The number of carbonyl (C=O) groups is 2. The molecule has 1 saturated heterocycles. The lowest BCUT2D eigenvalue weighted by Gasteiger charge is -2.26. The molecule has 5 N–H and O–H groups in total. The highest BCUT2D eigenvalue weighted by molar-refractivity contribution is 5.95. The molecular formula is C55H78N4O5. The van der Waals surface area contributed by atoms with E-state index in [9.17, 15) is 14.7 Å². The Hall–Kier alpha value is -4.92. The first-order valence-corrected chi connectivity index (χ1v) is 24.4. The van der Waals surface area contributed by atoms with E-state index in [2.05, 4.69) is 113 Å². The molecule has 6 rings (SSSR count). The van der Waals surface area contributed by atoms with Crippen LogP contribution in [-0.4, -0.2) is 51.8 Å². The molecule has 64 heavy (non-hydrogen) atoms. The van der Waals surface area contributed by atoms with Gasteiger partial charge in [-0.15, -0.1) is 0 Å². The van der Waals surface area contributed by atoms with Gasteiger partial charge in [-0.3, -0.25) is 9.59 Å². The number of esters is 2. The van der Waals surface area contributed by atoms with Crippen molar-refractivity contribution in [3.05, 3.63) is 90.1 Å². The quantitative estimate of drug-likeness (QED) is 0.0568. The van der Waals surface area contributed by atoms with E-state index < -0.39 is 17.9 Å². The number of nitrogens with one attached hydrogen (secondary N) is 4. The van der Waals surface area contributed by atoms with E-state index in [4.69, 9.17) is 9.47 Å². The molecule has 5 heterocycles. The van der Waals surface area contributed by atoms with Crippen LogP contribution in [0.1, 0.15) is 164 Å². The third-order valence-electron chi connectivity index (χ3n) is 14.8. The molecule has 0 saturated carbocycles. The standard InChI is InChI=1S/C55H78N4O5/c1-13-39-35(8)42-28-44-37(10)41(24-25-48(60)64-27-26-34(7)23-17-22-33(6)21-16-20-32(5)19-15-18-31(3)4)52(58-44)50-51(55(62)63-12)54(61)49-38(11)45(59-53(49)50)30-47-40(14-2)36(9)43(57-47)29-46(39)56-42/h13,26,28-33,37,41,51-52,56-59,61H,1,14-25,27H2,2-12H3. The zero-order valence-electron chi connectivity index (χ0n) is 40.9.